The van der Waals surface area contributed by atoms with Crippen molar-refractivity contribution in [2.45, 2.75) is 51.6 Å². The molecule has 0 bridgehead atoms. The van der Waals surface area contributed by atoms with Crippen molar-refractivity contribution < 1.29 is 14.7 Å². The molecule has 0 aliphatic rings. The van der Waals surface area contributed by atoms with Crippen LogP contribution in [0, 0.1) is 12.3 Å². The van der Waals surface area contributed by atoms with Gasteiger partial charge >= 0.3 is 12.0 Å². The maximum absolute atomic E-state index is 11.5. The normalized spacial score (nSPS) is 13.2. The summed E-state index contributed by atoms with van der Waals surface area (Å²) in [5.41, 5.74) is 0. The van der Waals surface area contributed by atoms with Crippen LogP contribution in [0.5, 0.6) is 0 Å². The molecule has 0 heterocycles. The van der Waals surface area contributed by atoms with E-state index < -0.39 is 18.0 Å². The van der Waals surface area contributed by atoms with Crippen LogP contribution < -0.4 is 10.6 Å². The van der Waals surface area contributed by atoms with Crippen LogP contribution in [-0.2, 0) is 4.79 Å². The lowest BCUT2D eigenvalue weighted by Gasteiger charge is -2.17. The van der Waals surface area contributed by atoms with E-state index in [1.54, 1.807) is 0 Å². The van der Waals surface area contributed by atoms with Crippen LogP contribution in [0.25, 0.3) is 0 Å². The fourth-order valence-corrected chi connectivity index (χ4v) is 1.39. The van der Waals surface area contributed by atoms with Gasteiger partial charge in [0.25, 0.3) is 0 Å². The fourth-order valence-electron chi connectivity index (χ4n) is 1.39. The van der Waals surface area contributed by atoms with Gasteiger partial charge in [-0.2, -0.15) is 0 Å². The Labute approximate surface area is 102 Å². The molecular weight excluding hydrogens is 220 g/mol. The number of terminal acetylenes is 1. The minimum absolute atomic E-state index is 0.351. The van der Waals surface area contributed by atoms with E-state index >= 15 is 0 Å². The predicted molar refractivity (Wildman–Crippen MR) is 65.5 cm³/mol. The van der Waals surface area contributed by atoms with E-state index in [9.17, 15) is 9.59 Å². The van der Waals surface area contributed by atoms with Gasteiger partial charge in [0.05, 0.1) is 6.04 Å². The van der Waals surface area contributed by atoms with Crippen molar-refractivity contribution in [2.24, 2.45) is 0 Å². The molecule has 17 heavy (non-hydrogen) atoms. The topological polar surface area (TPSA) is 78.4 Å². The third kappa shape index (κ3) is 6.46. The van der Waals surface area contributed by atoms with Gasteiger partial charge in [-0.25, -0.2) is 9.59 Å². The highest BCUT2D eigenvalue weighted by molar-refractivity contribution is 5.82. The average molecular weight is 240 g/mol. The van der Waals surface area contributed by atoms with Crippen molar-refractivity contribution in [2.75, 3.05) is 0 Å². The van der Waals surface area contributed by atoms with Crippen molar-refractivity contribution in [3.8, 4) is 12.3 Å². The van der Waals surface area contributed by atoms with Gasteiger partial charge in [-0.1, -0.05) is 32.6 Å². The largest absolute Gasteiger partial charge is 0.480 e. The maximum atomic E-state index is 11.5. The number of carboxylic acid groups (broad SMARTS) is 1. The van der Waals surface area contributed by atoms with Gasteiger partial charge in [0.2, 0.25) is 0 Å². The second-order valence-electron chi connectivity index (χ2n) is 3.81. The summed E-state index contributed by atoms with van der Waals surface area (Å²) in [6, 6.07) is -1.74. The van der Waals surface area contributed by atoms with Crippen molar-refractivity contribution in [1.29, 1.82) is 0 Å². The zero-order valence-corrected chi connectivity index (χ0v) is 10.3. The van der Waals surface area contributed by atoms with Crippen LogP contribution in [0.2, 0.25) is 0 Å². The Bertz CT molecular complexity index is 297. The number of aliphatic carboxylic acids is 1. The van der Waals surface area contributed by atoms with Gasteiger partial charge in [-0.05, 0) is 12.8 Å². The first-order valence-electron chi connectivity index (χ1n) is 5.81. The highest BCUT2D eigenvalue weighted by atomic mass is 16.4. The molecule has 0 aliphatic carbocycles. The molecule has 0 saturated heterocycles. The fraction of sp³-hybridized carbons (Fsp3) is 0.667. The summed E-state index contributed by atoms with van der Waals surface area (Å²) in [7, 11) is 0. The lowest BCUT2D eigenvalue weighted by molar-refractivity contribution is -0.139. The first-order valence-corrected chi connectivity index (χ1v) is 5.81. The number of hydrogen-bond acceptors (Lipinski definition) is 2. The molecule has 2 amide bonds. The first kappa shape index (κ1) is 15.3. The van der Waals surface area contributed by atoms with E-state index in [1.807, 2.05) is 13.8 Å². The average Bonchev–Trinajstić information content (AvgIpc) is 2.27. The van der Waals surface area contributed by atoms with E-state index in [0.717, 1.165) is 6.42 Å². The van der Waals surface area contributed by atoms with Gasteiger partial charge in [-0.3, -0.25) is 0 Å². The lowest BCUT2D eigenvalue weighted by atomic mass is 10.1. The molecule has 5 nitrogen and oxygen atoms in total. The molecule has 2 unspecified atom stereocenters. The minimum Gasteiger partial charge on any atom is -0.480 e. The Morgan fingerprint density at radius 2 is 1.82 bits per heavy atom. The highest BCUT2D eigenvalue weighted by Crippen LogP contribution is 1.98. The second kappa shape index (κ2) is 8.45. The van der Waals surface area contributed by atoms with Gasteiger partial charge in [0, 0.05) is 0 Å². The number of carboxylic acids is 1. The van der Waals surface area contributed by atoms with E-state index in [2.05, 4.69) is 16.6 Å². The summed E-state index contributed by atoms with van der Waals surface area (Å²) < 4.78 is 0. The Morgan fingerprint density at radius 3 is 2.24 bits per heavy atom. The number of amides is 2. The molecule has 0 fully saturated rings. The molecule has 3 N–H and O–H groups in total. The highest BCUT2D eigenvalue weighted by Gasteiger charge is 2.19. The Kier molecular flexibility index (Phi) is 7.61. The third-order valence-corrected chi connectivity index (χ3v) is 2.26. The maximum Gasteiger partial charge on any atom is 0.326 e. The molecule has 0 spiro atoms. The van der Waals surface area contributed by atoms with E-state index in [-0.39, 0.29) is 6.04 Å². The molecular formula is C12H20N2O3. The number of carbonyl (C=O) groups excluding carboxylic acids is 1. The monoisotopic (exact) mass is 240 g/mol. The Morgan fingerprint density at radius 1 is 1.24 bits per heavy atom. The van der Waals surface area contributed by atoms with Gasteiger partial charge in [-0.15, -0.1) is 6.42 Å². The quantitative estimate of drug-likeness (QED) is 0.588. The minimum atomic E-state index is -1.03. The summed E-state index contributed by atoms with van der Waals surface area (Å²) in [5, 5.41) is 13.8. The van der Waals surface area contributed by atoms with E-state index in [4.69, 9.17) is 11.5 Å². The lowest BCUT2D eigenvalue weighted by Crippen LogP contribution is -2.48. The van der Waals surface area contributed by atoms with Crippen LogP contribution in [0.1, 0.15) is 39.5 Å². The zero-order chi connectivity index (χ0) is 13.3. The van der Waals surface area contributed by atoms with E-state index in [0.29, 0.717) is 19.3 Å². The summed E-state index contributed by atoms with van der Waals surface area (Å²) in [5.74, 6) is 1.42. The molecule has 5 heteroatoms. The number of hydrogen-bond donors (Lipinski definition) is 3. The molecule has 0 aromatic rings. The Balaban J connectivity index is 4.22. The second-order valence-corrected chi connectivity index (χ2v) is 3.81. The van der Waals surface area contributed by atoms with Gasteiger partial charge in [0.1, 0.15) is 6.04 Å². The zero-order valence-electron chi connectivity index (χ0n) is 10.3. The summed E-state index contributed by atoms with van der Waals surface area (Å²) in [4.78, 5) is 22.3. The van der Waals surface area contributed by atoms with Crippen molar-refractivity contribution in [3.63, 3.8) is 0 Å². The van der Waals surface area contributed by atoms with E-state index in [1.165, 1.54) is 0 Å². The van der Waals surface area contributed by atoms with Crippen LogP contribution in [0.3, 0.4) is 0 Å². The van der Waals surface area contributed by atoms with Crippen molar-refractivity contribution in [1.82, 2.24) is 10.6 Å². The molecule has 0 radical (unpaired) electrons. The summed E-state index contributed by atoms with van der Waals surface area (Å²) in [6.45, 7) is 3.82. The van der Waals surface area contributed by atoms with Crippen molar-refractivity contribution in [3.05, 3.63) is 0 Å². The summed E-state index contributed by atoms with van der Waals surface area (Å²) >= 11 is 0. The molecule has 96 valence electrons. The molecule has 2 atom stereocenters. The van der Waals surface area contributed by atoms with Crippen molar-refractivity contribution >= 4 is 12.0 Å². The third-order valence-electron chi connectivity index (χ3n) is 2.26. The molecule has 0 aromatic heterocycles. The number of urea groups is 1. The SMILES string of the molecule is C#CC(CCC)NC(=O)NC(CCC)C(=O)O. The van der Waals surface area contributed by atoms with Gasteiger partial charge < -0.3 is 15.7 Å². The number of nitrogens with one attached hydrogen (secondary N) is 2. The van der Waals surface area contributed by atoms with Crippen LogP contribution in [0.15, 0.2) is 0 Å². The number of carbonyl (C=O) groups is 2. The smallest absolute Gasteiger partial charge is 0.326 e. The van der Waals surface area contributed by atoms with Gasteiger partial charge in [0.15, 0.2) is 0 Å². The Hall–Kier alpha value is -1.70. The molecule has 0 saturated carbocycles. The first-order chi connectivity index (χ1) is 8.04. The van der Waals surface area contributed by atoms with Crippen LogP contribution >= 0.6 is 0 Å². The molecule has 0 aliphatic heterocycles. The van der Waals surface area contributed by atoms with Crippen LogP contribution in [0.4, 0.5) is 4.79 Å². The predicted octanol–water partition coefficient (Wildman–Crippen LogP) is 1.34. The number of rotatable bonds is 7. The summed E-state index contributed by atoms with van der Waals surface area (Å²) in [6.07, 6.45) is 7.86. The van der Waals surface area contributed by atoms with Crippen LogP contribution in [-0.4, -0.2) is 29.2 Å². The molecule has 0 rings (SSSR count). The molecule has 0 aromatic carbocycles. The standard InChI is InChI=1S/C12H20N2O3/c1-4-7-9(6-3)13-12(17)14-10(8-5-2)11(15)16/h3,9-10H,4-5,7-8H2,1-2H3,(H,15,16)(H2,13,14,17).